The van der Waals surface area contributed by atoms with Gasteiger partial charge in [-0.1, -0.05) is 55.1 Å². The van der Waals surface area contributed by atoms with Gasteiger partial charge < -0.3 is 4.74 Å². The number of methoxy groups -OCH3 is 1. The van der Waals surface area contributed by atoms with E-state index in [1.165, 1.54) is 18.9 Å². The molecule has 10 heteroatoms. The highest BCUT2D eigenvalue weighted by molar-refractivity contribution is 7.99. The van der Waals surface area contributed by atoms with Gasteiger partial charge in [-0.2, -0.15) is 8.78 Å². The quantitative estimate of drug-likeness (QED) is 0.299. The highest BCUT2D eigenvalue weighted by atomic mass is 32.2. The summed E-state index contributed by atoms with van der Waals surface area (Å²) in [5, 5.41) is 9.95. The predicted octanol–water partition coefficient (Wildman–Crippen LogP) is 5.46. The second-order valence-electron chi connectivity index (χ2n) is 7.10. The number of ether oxygens (including phenoxy) is 1. The van der Waals surface area contributed by atoms with Crippen LogP contribution in [0.5, 0.6) is 5.75 Å². The number of rotatable bonds is 9. The first-order valence-electron chi connectivity index (χ1n) is 10.1. The number of unbranched alkanes of at least 4 members (excludes halogenated alkanes) is 1. The van der Waals surface area contributed by atoms with Crippen LogP contribution in [0.15, 0.2) is 57.3 Å². The minimum absolute atomic E-state index is 0.0673. The van der Waals surface area contributed by atoms with E-state index in [4.69, 9.17) is 4.74 Å². The number of aryl methyl sites for hydroxylation is 1. The summed E-state index contributed by atoms with van der Waals surface area (Å²) >= 11 is 1.93. The summed E-state index contributed by atoms with van der Waals surface area (Å²) in [7, 11) is 1.47. The van der Waals surface area contributed by atoms with Crippen LogP contribution < -0.4 is 10.3 Å². The molecule has 0 aliphatic heterocycles. The first kappa shape index (κ1) is 22.6. The molecular formula is C22H22F2N4O2S2. The summed E-state index contributed by atoms with van der Waals surface area (Å²) in [6.45, 7) is 2.65. The molecule has 0 amide bonds. The summed E-state index contributed by atoms with van der Waals surface area (Å²) in [4.78, 5) is 13.4. The fourth-order valence-corrected chi connectivity index (χ4v) is 4.97. The molecule has 2 aromatic heterocycles. The van der Waals surface area contributed by atoms with Gasteiger partial charge in [0, 0.05) is 12.3 Å². The molecule has 4 rings (SSSR count). The summed E-state index contributed by atoms with van der Waals surface area (Å²) < 4.78 is 34.4. The van der Waals surface area contributed by atoms with Crippen molar-refractivity contribution in [1.82, 2.24) is 19.2 Å². The fourth-order valence-electron chi connectivity index (χ4n) is 3.49. The van der Waals surface area contributed by atoms with Gasteiger partial charge in [-0.05, 0) is 36.2 Å². The van der Waals surface area contributed by atoms with Crippen molar-refractivity contribution in [1.29, 1.82) is 0 Å². The Balaban J connectivity index is 1.70. The molecule has 6 nitrogen and oxygen atoms in total. The molecule has 32 heavy (non-hydrogen) atoms. The van der Waals surface area contributed by atoms with E-state index in [0.717, 1.165) is 23.9 Å². The van der Waals surface area contributed by atoms with E-state index < -0.39 is 5.76 Å². The Kier molecular flexibility index (Phi) is 7.00. The van der Waals surface area contributed by atoms with Crippen molar-refractivity contribution in [2.75, 3.05) is 7.11 Å². The van der Waals surface area contributed by atoms with Gasteiger partial charge in [0.15, 0.2) is 5.16 Å². The van der Waals surface area contributed by atoms with Crippen LogP contribution >= 0.6 is 23.5 Å². The van der Waals surface area contributed by atoms with Gasteiger partial charge in [0.2, 0.25) is 5.78 Å². The van der Waals surface area contributed by atoms with E-state index in [2.05, 4.69) is 17.1 Å². The Morgan fingerprint density at radius 1 is 1.16 bits per heavy atom. The minimum Gasteiger partial charge on any atom is -0.496 e. The van der Waals surface area contributed by atoms with Crippen molar-refractivity contribution >= 4 is 40.2 Å². The maximum atomic E-state index is 13.0. The van der Waals surface area contributed by atoms with Gasteiger partial charge in [-0.15, -0.1) is 10.2 Å². The van der Waals surface area contributed by atoms with Crippen LogP contribution in [0.3, 0.4) is 0 Å². The Morgan fingerprint density at radius 3 is 2.72 bits per heavy atom. The van der Waals surface area contributed by atoms with Crippen LogP contribution in [0.4, 0.5) is 8.78 Å². The number of hydrogen-bond donors (Lipinski definition) is 0. The Labute approximate surface area is 192 Å². The van der Waals surface area contributed by atoms with E-state index in [0.29, 0.717) is 51.0 Å². The average Bonchev–Trinajstić information content (AvgIpc) is 3.22. The van der Waals surface area contributed by atoms with Gasteiger partial charge in [0.25, 0.3) is 11.3 Å². The molecule has 0 unspecified atom stereocenters. The molecule has 0 aliphatic carbocycles. The van der Waals surface area contributed by atoms with E-state index in [1.807, 2.05) is 28.7 Å². The molecule has 0 fully saturated rings. The lowest BCUT2D eigenvalue weighted by molar-refractivity contribution is 0.251. The average molecular weight is 477 g/mol. The minimum atomic E-state index is -2.51. The molecule has 168 valence electrons. The zero-order valence-electron chi connectivity index (χ0n) is 17.6. The van der Waals surface area contributed by atoms with Crippen LogP contribution in [-0.4, -0.2) is 32.0 Å². The third-order valence-electron chi connectivity index (χ3n) is 5.03. The number of thioether (sulfide) groups is 2. The van der Waals surface area contributed by atoms with Crippen molar-refractivity contribution < 1.29 is 13.5 Å². The molecule has 0 spiro atoms. The van der Waals surface area contributed by atoms with Crippen molar-refractivity contribution in [3.8, 4) is 5.75 Å². The van der Waals surface area contributed by atoms with Gasteiger partial charge in [0.1, 0.15) is 5.75 Å². The van der Waals surface area contributed by atoms with E-state index in [-0.39, 0.29) is 5.56 Å². The maximum absolute atomic E-state index is 13.0. The Hall–Kier alpha value is -2.59. The van der Waals surface area contributed by atoms with Crippen molar-refractivity contribution in [2.45, 2.75) is 47.9 Å². The lowest BCUT2D eigenvalue weighted by Crippen LogP contribution is -2.23. The van der Waals surface area contributed by atoms with Gasteiger partial charge in [-0.25, -0.2) is 0 Å². The number of benzene rings is 2. The third-order valence-corrected chi connectivity index (χ3v) is 6.79. The fraction of sp³-hybridized carbons (Fsp3) is 0.318. The largest absolute Gasteiger partial charge is 0.496 e. The van der Waals surface area contributed by atoms with Crippen molar-refractivity contribution in [3.63, 3.8) is 0 Å². The third kappa shape index (κ3) is 4.47. The summed E-state index contributed by atoms with van der Waals surface area (Å²) in [6, 6.07) is 12.7. The molecule has 0 saturated carbocycles. The number of halogens is 2. The topological polar surface area (TPSA) is 61.4 Å². The number of fused-ring (bicyclic) bond motifs is 3. The second kappa shape index (κ2) is 9.91. The smallest absolute Gasteiger partial charge is 0.289 e. The molecule has 4 aromatic rings. The number of alkyl halides is 2. The second-order valence-corrected chi connectivity index (χ2v) is 9.07. The summed E-state index contributed by atoms with van der Waals surface area (Å²) in [5.41, 5.74) is 1.60. The van der Waals surface area contributed by atoms with E-state index in [1.54, 1.807) is 22.8 Å². The summed E-state index contributed by atoms with van der Waals surface area (Å²) in [6.07, 6.45) is 1.83. The first-order chi connectivity index (χ1) is 15.5. The van der Waals surface area contributed by atoms with Gasteiger partial charge in [-0.3, -0.25) is 13.8 Å². The van der Waals surface area contributed by atoms with Crippen LogP contribution in [0.1, 0.15) is 25.3 Å². The standard InChI is InChI=1S/C22H22F2N4O2S2/c1-3-4-11-27-19(29)15-7-5-6-8-16(15)28-21(27)25-26-22(28)31-13-14-9-10-18(32-20(23)24)17(12-14)30-2/h5-10,12,20H,3-4,11,13H2,1-2H3. The first-order valence-corrected chi connectivity index (χ1v) is 12.0. The van der Waals surface area contributed by atoms with Gasteiger partial charge in [0.05, 0.1) is 22.9 Å². The summed E-state index contributed by atoms with van der Waals surface area (Å²) in [5.74, 6) is -1.03. The van der Waals surface area contributed by atoms with Crippen molar-refractivity contribution in [2.24, 2.45) is 0 Å². The van der Waals surface area contributed by atoms with E-state index in [9.17, 15) is 13.6 Å². The zero-order valence-corrected chi connectivity index (χ0v) is 19.3. The van der Waals surface area contributed by atoms with Crippen LogP contribution in [0, 0.1) is 0 Å². The van der Waals surface area contributed by atoms with Crippen molar-refractivity contribution in [3.05, 3.63) is 58.4 Å². The number of aromatic nitrogens is 4. The number of nitrogens with zero attached hydrogens (tertiary/aromatic N) is 4. The van der Waals surface area contributed by atoms with Crippen LogP contribution in [0.2, 0.25) is 0 Å². The number of para-hydroxylation sites is 1. The highest BCUT2D eigenvalue weighted by Crippen LogP contribution is 2.35. The molecule has 0 aliphatic rings. The van der Waals surface area contributed by atoms with E-state index >= 15 is 0 Å². The predicted molar refractivity (Wildman–Crippen MR) is 124 cm³/mol. The molecule has 0 saturated heterocycles. The molecule has 0 N–H and O–H groups in total. The molecular weight excluding hydrogens is 454 g/mol. The van der Waals surface area contributed by atoms with Crippen LogP contribution in [-0.2, 0) is 12.3 Å². The monoisotopic (exact) mass is 476 g/mol. The molecule has 2 aromatic carbocycles. The molecule has 0 atom stereocenters. The molecule has 2 heterocycles. The Morgan fingerprint density at radius 2 is 1.97 bits per heavy atom. The lowest BCUT2D eigenvalue weighted by atomic mass is 10.2. The molecule has 0 radical (unpaired) electrons. The SMILES string of the molecule is CCCCn1c(=O)c2ccccc2n2c(SCc3ccc(SC(F)F)c(OC)c3)nnc12. The Bertz CT molecular complexity index is 1310. The van der Waals surface area contributed by atoms with Gasteiger partial charge >= 0.3 is 0 Å². The highest BCUT2D eigenvalue weighted by Gasteiger charge is 2.17. The lowest BCUT2D eigenvalue weighted by Gasteiger charge is -2.11. The maximum Gasteiger partial charge on any atom is 0.289 e. The zero-order chi connectivity index (χ0) is 22.7. The van der Waals surface area contributed by atoms with Crippen LogP contribution in [0.25, 0.3) is 16.7 Å². The number of hydrogen-bond acceptors (Lipinski definition) is 6. The molecule has 0 bridgehead atoms. The normalized spacial score (nSPS) is 11.7.